The Morgan fingerprint density at radius 1 is 1.21 bits per heavy atom. The third kappa shape index (κ3) is 4.22. The number of nitro benzene ring substituents is 1. The summed E-state index contributed by atoms with van der Waals surface area (Å²) < 4.78 is 10.4. The molecule has 0 saturated carbocycles. The van der Waals surface area contributed by atoms with Crippen LogP contribution < -0.4 is 14.8 Å². The minimum atomic E-state index is -0.561. The summed E-state index contributed by atoms with van der Waals surface area (Å²) in [6.07, 6.45) is 0.901. The van der Waals surface area contributed by atoms with Gasteiger partial charge in [-0.2, -0.15) is 0 Å². The lowest BCUT2D eigenvalue weighted by atomic mass is 10.2. The van der Waals surface area contributed by atoms with Crippen LogP contribution in [-0.4, -0.2) is 24.5 Å². The van der Waals surface area contributed by atoms with Crippen LogP contribution in [0.2, 0.25) is 0 Å². The minimum Gasteiger partial charge on any atom is -0.494 e. The molecule has 0 aromatic heterocycles. The van der Waals surface area contributed by atoms with E-state index in [1.165, 1.54) is 19.2 Å². The van der Waals surface area contributed by atoms with Crippen LogP contribution >= 0.6 is 0 Å². The smallest absolute Gasteiger partial charge is 0.312 e. The fourth-order valence-corrected chi connectivity index (χ4v) is 2.04. The highest BCUT2D eigenvalue weighted by molar-refractivity contribution is 6.04. The number of ether oxygens (including phenoxy) is 2. The Labute approximate surface area is 139 Å². The van der Waals surface area contributed by atoms with Crippen molar-refractivity contribution in [3.63, 3.8) is 0 Å². The van der Waals surface area contributed by atoms with Gasteiger partial charge in [0, 0.05) is 17.3 Å². The summed E-state index contributed by atoms with van der Waals surface area (Å²) in [5.74, 6) is 0.459. The first-order valence-electron chi connectivity index (χ1n) is 7.41. The van der Waals surface area contributed by atoms with Crippen molar-refractivity contribution < 1.29 is 19.2 Å². The molecule has 0 spiro atoms. The van der Waals surface area contributed by atoms with Crippen molar-refractivity contribution in [2.75, 3.05) is 19.0 Å². The summed E-state index contributed by atoms with van der Waals surface area (Å²) in [6.45, 7) is 2.62. The standard InChI is InChI=1S/C17H18N2O5/c1-3-10-24-14-7-4-12(5-8-14)17(20)18-13-6-9-16(23-2)15(11-13)19(21)22/h4-9,11H,3,10H2,1-2H3,(H,18,20). The molecule has 2 rings (SSSR count). The zero-order chi connectivity index (χ0) is 17.5. The molecule has 7 nitrogen and oxygen atoms in total. The van der Waals surface area contributed by atoms with Crippen LogP contribution in [-0.2, 0) is 0 Å². The van der Waals surface area contributed by atoms with Crippen molar-refractivity contribution in [1.82, 2.24) is 0 Å². The van der Waals surface area contributed by atoms with E-state index in [-0.39, 0.29) is 17.3 Å². The van der Waals surface area contributed by atoms with E-state index in [9.17, 15) is 14.9 Å². The first-order valence-corrected chi connectivity index (χ1v) is 7.41. The molecular weight excluding hydrogens is 312 g/mol. The maximum atomic E-state index is 12.2. The lowest BCUT2D eigenvalue weighted by molar-refractivity contribution is -0.385. The van der Waals surface area contributed by atoms with E-state index in [4.69, 9.17) is 9.47 Å². The highest BCUT2D eigenvalue weighted by Crippen LogP contribution is 2.29. The molecule has 0 aliphatic heterocycles. The van der Waals surface area contributed by atoms with Crippen molar-refractivity contribution in [3.8, 4) is 11.5 Å². The number of benzene rings is 2. The molecule has 0 unspecified atom stereocenters. The molecule has 0 heterocycles. The SMILES string of the molecule is CCCOc1ccc(C(=O)Nc2ccc(OC)c([N+](=O)[O-])c2)cc1. The van der Waals surface area contributed by atoms with Gasteiger partial charge in [-0.1, -0.05) is 6.92 Å². The average Bonchev–Trinajstić information content (AvgIpc) is 2.60. The van der Waals surface area contributed by atoms with Crippen molar-refractivity contribution in [1.29, 1.82) is 0 Å². The second-order valence-electron chi connectivity index (χ2n) is 4.97. The van der Waals surface area contributed by atoms with E-state index in [2.05, 4.69) is 5.32 Å². The molecule has 0 bridgehead atoms. The summed E-state index contributed by atoms with van der Waals surface area (Å²) in [7, 11) is 1.35. The third-order valence-electron chi connectivity index (χ3n) is 3.22. The number of anilines is 1. The number of carbonyl (C=O) groups excluding carboxylic acids is 1. The van der Waals surface area contributed by atoms with Crippen molar-refractivity contribution in [2.45, 2.75) is 13.3 Å². The number of carbonyl (C=O) groups is 1. The number of methoxy groups -OCH3 is 1. The van der Waals surface area contributed by atoms with Crippen LogP contribution in [0.5, 0.6) is 11.5 Å². The van der Waals surface area contributed by atoms with Gasteiger partial charge in [0.25, 0.3) is 5.91 Å². The van der Waals surface area contributed by atoms with E-state index in [0.29, 0.717) is 23.6 Å². The molecule has 7 heteroatoms. The minimum absolute atomic E-state index is 0.135. The summed E-state index contributed by atoms with van der Waals surface area (Å²) >= 11 is 0. The Morgan fingerprint density at radius 3 is 2.50 bits per heavy atom. The van der Waals surface area contributed by atoms with Gasteiger partial charge in [-0.25, -0.2) is 0 Å². The number of nitrogens with zero attached hydrogens (tertiary/aromatic N) is 1. The van der Waals surface area contributed by atoms with Gasteiger partial charge in [0.2, 0.25) is 0 Å². The molecule has 0 saturated heterocycles. The molecule has 2 aromatic carbocycles. The lowest BCUT2D eigenvalue weighted by Gasteiger charge is -2.08. The van der Waals surface area contributed by atoms with Crippen molar-refractivity contribution in [2.24, 2.45) is 0 Å². The Kier molecular flexibility index (Phi) is 5.73. The van der Waals surface area contributed by atoms with Gasteiger partial charge in [-0.15, -0.1) is 0 Å². The molecular formula is C17H18N2O5. The summed E-state index contributed by atoms with van der Waals surface area (Å²) in [6, 6.07) is 10.9. The number of nitrogens with one attached hydrogen (secondary N) is 1. The Hall–Kier alpha value is -3.09. The van der Waals surface area contributed by atoms with Gasteiger partial charge in [0.05, 0.1) is 18.6 Å². The van der Waals surface area contributed by atoms with Crippen LogP contribution in [0.25, 0.3) is 0 Å². The lowest BCUT2D eigenvalue weighted by Crippen LogP contribution is -2.12. The molecule has 0 atom stereocenters. The summed E-state index contributed by atoms with van der Waals surface area (Å²) in [5, 5.41) is 13.6. The molecule has 0 fully saturated rings. The van der Waals surface area contributed by atoms with Crippen LogP contribution in [0.4, 0.5) is 11.4 Å². The van der Waals surface area contributed by atoms with Crippen LogP contribution in [0.3, 0.4) is 0 Å². The maximum Gasteiger partial charge on any atom is 0.312 e. The van der Waals surface area contributed by atoms with Crippen molar-refractivity contribution >= 4 is 17.3 Å². The summed E-state index contributed by atoms with van der Waals surface area (Å²) in [5.41, 5.74) is 0.537. The zero-order valence-corrected chi connectivity index (χ0v) is 13.4. The molecule has 0 aliphatic carbocycles. The van der Waals surface area contributed by atoms with E-state index in [1.54, 1.807) is 30.3 Å². The normalized spacial score (nSPS) is 10.1. The van der Waals surface area contributed by atoms with E-state index < -0.39 is 4.92 Å². The predicted molar refractivity (Wildman–Crippen MR) is 89.8 cm³/mol. The third-order valence-corrected chi connectivity index (χ3v) is 3.22. The summed E-state index contributed by atoms with van der Waals surface area (Å²) in [4.78, 5) is 22.7. The second kappa shape index (κ2) is 7.96. The number of amides is 1. The van der Waals surface area contributed by atoms with E-state index in [1.807, 2.05) is 6.92 Å². The van der Waals surface area contributed by atoms with Gasteiger partial charge in [-0.3, -0.25) is 14.9 Å². The number of nitro groups is 1. The number of hydrogen-bond acceptors (Lipinski definition) is 5. The Morgan fingerprint density at radius 2 is 1.92 bits per heavy atom. The molecule has 0 aliphatic rings. The fourth-order valence-electron chi connectivity index (χ4n) is 2.04. The molecule has 2 aromatic rings. The first-order chi connectivity index (χ1) is 11.5. The Balaban J connectivity index is 2.11. The van der Waals surface area contributed by atoms with Crippen molar-refractivity contribution in [3.05, 3.63) is 58.1 Å². The highest BCUT2D eigenvalue weighted by atomic mass is 16.6. The Bertz CT molecular complexity index is 728. The van der Waals surface area contributed by atoms with Gasteiger partial charge >= 0.3 is 5.69 Å². The fraction of sp³-hybridized carbons (Fsp3) is 0.235. The zero-order valence-electron chi connectivity index (χ0n) is 13.4. The molecule has 24 heavy (non-hydrogen) atoms. The van der Waals surface area contributed by atoms with Crippen LogP contribution in [0.15, 0.2) is 42.5 Å². The topological polar surface area (TPSA) is 90.7 Å². The largest absolute Gasteiger partial charge is 0.494 e. The number of rotatable bonds is 7. The predicted octanol–water partition coefficient (Wildman–Crippen LogP) is 3.64. The average molecular weight is 330 g/mol. The maximum absolute atomic E-state index is 12.2. The number of hydrogen-bond donors (Lipinski definition) is 1. The van der Waals surface area contributed by atoms with Crippen LogP contribution in [0.1, 0.15) is 23.7 Å². The monoisotopic (exact) mass is 330 g/mol. The quantitative estimate of drug-likeness (QED) is 0.618. The van der Waals surface area contributed by atoms with Gasteiger partial charge in [-0.05, 0) is 42.8 Å². The van der Waals surface area contributed by atoms with Gasteiger partial charge in [0.1, 0.15) is 5.75 Å². The molecule has 126 valence electrons. The van der Waals surface area contributed by atoms with Gasteiger partial charge < -0.3 is 14.8 Å². The van der Waals surface area contributed by atoms with Crippen LogP contribution in [0, 0.1) is 10.1 Å². The highest BCUT2D eigenvalue weighted by Gasteiger charge is 2.16. The van der Waals surface area contributed by atoms with E-state index in [0.717, 1.165) is 6.42 Å². The molecule has 0 radical (unpaired) electrons. The first kappa shape index (κ1) is 17.3. The van der Waals surface area contributed by atoms with Gasteiger partial charge in [0.15, 0.2) is 5.75 Å². The molecule has 1 amide bonds. The molecule has 1 N–H and O–H groups in total. The second-order valence-corrected chi connectivity index (χ2v) is 4.97. The van der Waals surface area contributed by atoms with E-state index >= 15 is 0 Å².